The van der Waals surface area contributed by atoms with E-state index in [1.54, 1.807) is 30.4 Å². The van der Waals surface area contributed by atoms with Crippen LogP contribution >= 0.6 is 11.3 Å². The predicted octanol–water partition coefficient (Wildman–Crippen LogP) is 3.13. The zero-order valence-corrected chi connectivity index (χ0v) is 8.51. The quantitative estimate of drug-likeness (QED) is 0.752. The van der Waals surface area contributed by atoms with Gasteiger partial charge in [0.1, 0.15) is 11.5 Å². The molecule has 2 nitrogen and oxygen atoms in total. The molecule has 0 bridgehead atoms. The Balaban J connectivity index is 2.61. The van der Waals surface area contributed by atoms with E-state index < -0.39 is 0 Å². The van der Waals surface area contributed by atoms with Gasteiger partial charge in [-0.05, 0) is 30.5 Å². The third-order valence-corrected chi connectivity index (χ3v) is 3.09. The normalized spacial score (nSPS) is 10.4. The first kappa shape index (κ1) is 9.09. The molecular weight excluding hydrogens is 196 g/mol. The van der Waals surface area contributed by atoms with E-state index in [0.29, 0.717) is 5.56 Å². The molecule has 1 heterocycles. The number of phenolic OH excluding ortho intramolecular Hbond substituents is 2. The first-order valence-corrected chi connectivity index (χ1v) is 5.13. The van der Waals surface area contributed by atoms with Crippen LogP contribution in [0.25, 0.3) is 10.4 Å². The number of aromatic hydroxyl groups is 2. The lowest BCUT2D eigenvalue weighted by Gasteiger charge is -2.06. The van der Waals surface area contributed by atoms with E-state index in [1.807, 2.05) is 17.5 Å². The predicted molar refractivity (Wildman–Crippen MR) is 57.8 cm³/mol. The second-order valence-corrected chi connectivity index (χ2v) is 4.03. The summed E-state index contributed by atoms with van der Waals surface area (Å²) in [5.74, 6) is 0.287. The average molecular weight is 206 g/mol. The van der Waals surface area contributed by atoms with E-state index >= 15 is 0 Å². The van der Waals surface area contributed by atoms with Crippen molar-refractivity contribution >= 4 is 11.3 Å². The summed E-state index contributed by atoms with van der Waals surface area (Å²) in [4.78, 5) is 1.01. The van der Waals surface area contributed by atoms with Crippen molar-refractivity contribution in [2.75, 3.05) is 0 Å². The summed E-state index contributed by atoms with van der Waals surface area (Å²) >= 11 is 1.56. The van der Waals surface area contributed by atoms with E-state index in [2.05, 4.69) is 0 Å². The average Bonchev–Trinajstić information content (AvgIpc) is 2.67. The summed E-state index contributed by atoms with van der Waals surface area (Å²) in [6.07, 6.45) is 0. The highest BCUT2D eigenvalue weighted by molar-refractivity contribution is 7.13. The molecule has 0 saturated carbocycles. The number of rotatable bonds is 1. The van der Waals surface area contributed by atoms with Gasteiger partial charge in [-0.3, -0.25) is 0 Å². The minimum atomic E-state index is 0.128. The molecule has 1 aromatic carbocycles. The second-order valence-electron chi connectivity index (χ2n) is 3.08. The van der Waals surface area contributed by atoms with Crippen molar-refractivity contribution in [3.05, 3.63) is 35.2 Å². The van der Waals surface area contributed by atoms with Crippen LogP contribution in [0.5, 0.6) is 11.5 Å². The van der Waals surface area contributed by atoms with Gasteiger partial charge in [0.25, 0.3) is 0 Å². The fourth-order valence-electron chi connectivity index (χ4n) is 1.32. The van der Waals surface area contributed by atoms with Crippen LogP contribution in [0.2, 0.25) is 0 Å². The SMILES string of the molecule is Cc1c(O)ccc(-c2cccs2)c1O. The molecule has 0 spiro atoms. The lowest BCUT2D eigenvalue weighted by molar-refractivity contribution is 0.444. The second kappa shape index (κ2) is 3.35. The van der Waals surface area contributed by atoms with Gasteiger partial charge in [0.2, 0.25) is 0 Å². The Morgan fingerprint density at radius 3 is 2.57 bits per heavy atom. The van der Waals surface area contributed by atoms with Gasteiger partial charge < -0.3 is 10.2 Å². The lowest BCUT2D eigenvalue weighted by Crippen LogP contribution is -1.80. The molecule has 2 N–H and O–H groups in total. The maximum Gasteiger partial charge on any atom is 0.130 e. The molecular formula is C11H10O2S. The third kappa shape index (κ3) is 1.36. The zero-order chi connectivity index (χ0) is 10.1. The number of hydrogen-bond donors (Lipinski definition) is 2. The van der Waals surface area contributed by atoms with Crippen molar-refractivity contribution in [3.8, 4) is 21.9 Å². The monoisotopic (exact) mass is 206 g/mol. The summed E-state index contributed by atoms with van der Waals surface area (Å²) in [6.45, 7) is 1.70. The van der Waals surface area contributed by atoms with Gasteiger partial charge in [-0.25, -0.2) is 0 Å². The van der Waals surface area contributed by atoms with Crippen LogP contribution < -0.4 is 0 Å². The first-order valence-electron chi connectivity index (χ1n) is 4.25. The van der Waals surface area contributed by atoms with Crippen molar-refractivity contribution in [3.63, 3.8) is 0 Å². The number of phenols is 2. The van der Waals surface area contributed by atoms with Gasteiger partial charge in [0, 0.05) is 16.0 Å². The molecule has 0 unspecified atom stereocenters. The van der Waals surface area contributed by atoms with Gasteiger partial charge in [-0.2, -0.15) is 0 Å². The Hall–Kier alpha value is -1.48. The van der Waals surface area contributed by atoms with Crippen molar-refractivity contribution < 1.29 is 10.2 Å². The number of hydrogen-bond acceptors (Lipinski definition) is 3. The number of thiophene rings is 1. The van der Waals surface area contributed by atoms with E-state index in [4.69, 9.17) is 0 Å². The maximum absolute atomic E-state index is 9.80. The molecule has 3 heteroatoms. The van der Waals surface area contributed by atoms with E-state index in [9.17, 15) is 10.2 Å². The van der Waals surface area contributed by atoms with E-state index in [-0.39, 0.29) is 11.5 Å². The van der Waals surface area contributed by atoms with Gasteiger partial charge in [-0.15, -0.1) is 11.3 Å². The molecule has 0 saturated heterocycles. The molecule has 0 atom stereocenters. The maximum atomic E-state index is 9.80. The molecule has 0 aliphatic heterocycles. The van der Waals surface area contributed by atoms with Crippen LogP contribution in [-0.2, 0) is 0 Å². The van der Waals surface area contributed by atoms with Gasteiger partial charge in [0.15, 0.2) is 0 Å². The van der Waals surface area contributed by atoms with Crippen LogP contribution in [-0.4, -0.2) is 10.2 Å². The third-order valence-electron chi connectivity index (χ3n) is 2.19. The molecule has 0 radical (unpaired) electrons. The van der Waals surface area contributed by atoms with Crippen LogP contribution in [0.3, 0.4) is 0 Å². The largest absolute Gasteiger partial charge is 0.508 e. The van der Waals surface area contributed by atoms with Crippen molar-refractivity contribution in [1.82, 2.24) is 0 Å². The first-order chi connectivity index (χ1) is 6.70. The van der Waals surface area contributed by atoms with Crippen LogP contribution in [0, 0.1) is 6.92 Å². The van der Waals surface area contributed by atoms with Crippen molar-refractivity contribution in [1.29, 1.82) is 0 Å². The summed E-state index contributed by atoms with van der Waals surface area (Å²) < 4.78 is 0. The van der Waals surface area contributed by atoms with E-state index in [0.717, 1.165) is 10.4 Å². The standard InChI is InChI=1S/C11H10O2S/c1-7-9(12)5-4-8(11(7)13)10-3-2-6-14-10/h2-6,12-13H,1H3. The topological polar surface area (TPSA) is 40.5 Å². The van der Waals surface area contributed by atoms with E-state index in [1.165, 1.54) is 0 Å². The smallest absolute Gasteiger partial charge is 0.130 e. The molecule has 2 aromatic rings. The molecule has 0 aliphatic carbocycles. The highest BCUT2D eigenvalue weighted by Gasteiger charge is 2.10. The molecule has 72 valence electrons. The highest BCUT2D eigenvalue weighted by atomic mass is 32.1. The Morgan fingerprint density at radius 2 is 1.93 bits per heavy atom. The lowest BCUT2D eigenvalue weighted by atomic mass is 10.1. The van der Waals surface area contributed by atoms with Gasteiger partial charge >= 0.3 is 0 Å². The molecule has 0 fully saturated rings. The number of benzene rings is 1. The minimum Gasteiger partial charge on any atom is -0.508 e. The Kier molecular flexibility index (Phi) is 2.17. The Morgan fingerprint density at radius 1 is 1.14 bits per heavy atom. The zero-order valence-electron chi connectivity index (χ0n) is 7.69. The van der Waals surface area contributed by atoms with Crippen molar-refractivity contribution in [2.45, 2.75) is 6.92 Å². The molecule has 0 amide bonds. The Bertz CT molecular complexity index is 447. The Labute approximate surface area is 86.1 Å². The summed E-state index contributed by atoms with van der Waals surface area (Å²) in [7, 11) is 0. The molecule has 14 heavy (non-hydrogen) atoms. The fourth-order valence-corrected chi connectivity index (χ4v) is 2.07. The summed E-state index contributed by atoms with van der Waals surface area (Å²) in [6, 6.07) is 7.20. The van der Waals surface area contributed by atoms with Crippen molar-refractivity contribution in [2.24, 2.45) is 0 Å². The van der Waals surface area contributed by atoms with Crippen LogP contribution in [0.4, 0.5) is 0 Å². The molecule has 1 aromatic heterocycles. The summed E-state index contributed by atoms with van der Waals surface area (Å²) in [5.41, 5.74) is 1.30. The van der Waals surface area contributed by atoms with Gasteiger partial charge in [-0.1, -0.05) is 6.07 Å². The minimum absolute atomic E-state index is 0.128. The fraction of sp³-hybridized carbons (Fsp3) is 0.0909. The molecule has 0 aliphatic rings. The van der Waals surface area contributed by atoms with Gasteiger partial charge in [0.05, 0.1) is 0 Å². The molecule has 2 rings (SSSR count). The van der Waals surface area contributed by atoms with Crippen LogP contribution in [0.1, 0.15) is 5.56 Å². The summed E-state index contributed by atoms with van der Waals surface area (Å²) in [5, 5.41) is 21.1. The van der Waals surface area contributed by atoms with Crippen LogP contribution in [0.15, 0.2) is 29.6 Å². The highest BCUT2D eigenvalue weighted by Crippen LogP contribution is 2.38.